The summed E-state index contributed by atoms with van der Waals surface area (Å²) >= 11 is 0. The van der Waals surface area contributed by atoms with E-state index in [-0.39, 0.29) is 6.79 Å². The zero-order chi connectivity index (χ0) is 12.3. The van der Waals surface area contributed by atoms with Crippen molar-refractivity contribution in [2.24, 2.45) is 0 Å². The quantitative estimate of drug-likeness (QED) is 0.809. The standard InChI is InChI=1S/C12H15NO4/c1-2-9(12(14)15)13-6-8-4-3-5-10-11(8)17-7-16-10/h3-5,9,13H,2,6-7H2,1H3,(H,14,15). The van der Waals surface area contributed by atoms with Crippen molar-refractivity contribution in [1.82, 2.24) is 5.32 Å². The number of aliphatic carboxylic acids is 1. The number of para-hydroxylation sites is 1. The first-order chi connectivity index (χ1) is 8.22. The van der Waals surface area contributed by atoms with E-state index in [4.69, 9.17) is 14.6 Å². The summed E-state index contributed by atoms with van der Waals surface area (Å²) in [6, 6.07) is 5.06. The van der Waals surface area contributed by atoms with E-state index in [1.54, 1.807) is 0 Å². The summed E-state index contributed by atoms with van der Waals surface area (Å²) in [6.45, 7) is 2.51. The van der Waals surface area contributed by atoms with Gasteiger partial charge >= 0.3 is 5.97 Å². The largest absolute Gasteiger partial charge is 0.480 e. The average molecular weight is 237 g/mol. The highest BCUT2D eigenvalue weighted by molar-refractivity contribution is 5.73. The minimum atomic E-state index is -0.836. The van der Waals surface area contributed by atoms with E-state index in [0.29, 0.717) is 24.5 Å². The second-order valence-electron chi connectivity index (χ2n) is 3.83. The van der Waals surface area contributed by atoms with Gasteiger partial charge in [-0.1, -0.05) is 19.1 Å². The molecule has 0 saturated carbocycles. The topological polar surface area (TPSA) is 67.8 Å². The van der Waals surface area contributed by atoms with Crippen LogP contribution >= 0.6 is 0 Å². The molecule has 92 valence electrons. The maximum absolute atomic E-state index is 10.9. The lowest BCUT2D eigenvalue weighted by Crippen LogP contribution is -2.35. The summed E-state index contributed by atoms with van der Waals surface area (Å²) in [7, 11) is 0. The van der Waals surface area contributed by atoms with E-state index < -0.39 is 12.0 Å². The van der Waals surface area contributed by atoms with Gasteiger partial charge in [0, 0.05) is 12.1 Å². The molecule has 2 N–H and O–H groups in total. The van der Waals surface area contributed by atoms with Crippen LogP contribution in [0.3, 0.4) is 0 Å². The van der Waals surface area contributed by atoms with Gasteiger partial charge in [-0.15, -0.1) is 0 Å². The maximum Gasteiger partial charge on any atom is 0.320 e. The van der Waals surface area contributed by atoms with Gasteiger partial charge in [0.05, 0.1) is 0 Å². The molecule has 0 radical (unpaired) electrons. The number of ether oxygens (including phenoxy) is 2. The fourth-order valence-electron chi connectivity index (χ4n) is 1.77. The van der Waals surface area contributed by atoms with Crippen molar-refractivity contribution in [3.63, 3.8) is 0 Å². The molecule has 1 aromatic carbocycles. The Morgan fingerprint density at radius 2 is 2.35 bits per heavy atom. The smallest absolute Gasteiger partial charge is 0.320 e. The van der Waals surface area contributed by atoms with Gasteiger partial charge in [0.2, 0.25) is 6.79 Å². The molecule has 5 nitrogen and oxygen atoms in total. The predicted molar refractivity (Wildman–Crippen MR) is 61.1 cm³/mol. The SMILES string of the molecule is CCC(NCc1cccc2c1OCO2)C(=O)O. The third-order valence-electron chi connectivity index (χ3n) is 2.72. The number of rotatable bonds is 5. The molecule has 1 aromatic rings. The summed E-state index contributed by atoms with van der Waals surface area (Å²) in [5.41, 5.74) is 0.916. The minimum absolute atomic E-state index is 0.225. The summed E-state index contributed by atoms with van der Waals surface area (Å²) in [4.78, 5) is 10.9. The molecule has 0 spiro atoms. The highest BCUT2D eigenvalue weighted by Crippen LogP contribution is 2.35. The van der Waals surface area contributed by atoms with Crippen LogP contribution in [0.1, 0.15) is 18.9 Å². The number of nitrogens with one attached hydrogen (secondary N) is 1. The van der Waals surface area contributed by atoms with E-state index in [1.807, 2.05) is 25.1 Å². The van der Waals surface area contributed by atoms with Gasteiger partial charge in [0.25, 0.3) is 0 Å². The lowest BCUT2D eigenvalue weighted by Gasteiger charge is -2.13. The molecule has 2 rings (SSSR count). The molecule has 5 heteroatoms. The number of hydrogen-bond acceptors (Lipinski definition) is 4. The number of carboxylic acid groups (broad SMARTS) is 1. The van der Waals surface area contributed by atoms with Gasteiger partial charge in [-0.05, 0) is 12.5 Å². The molecule has 0 bridgehead atoms. The maximum atomic E-state index is 10.9. The van der Waals surface area contributed by atoms with Crippen LogP contribution in [0.15, 0.2) is 18.2 Å². The first kappa shape index (κ1) is 11.7. The number of fused-ring (bicyclic) bond motifs is 1. The zero-order valence-corrected chi connectivity index (χ0v) is 9.60. The number of carbonyl (C=O) groups is 1. The van der Waals surface area contributed by atoms with Crippen molar-refractivity contribution < 1.29 is 19.4 Å². The summed E-state index contributed by atoms with van der Waals surface area (Å²) < 4.78 is 10.6. The highest BCUT2D eigenvalue weighted by Gasteiger charge is 2.19. The Hall–Kier alpha value is -1.75. The molecule has 0 saturated heterocycles. The second-order valence-corrected chi connectivity index (χ2v) is 3.83. The van der Waals surface area contributed by atoms with Crippen molar-refractivity contribution in [3.05, 3.63) is 23.8 Å². The molecule has 0 aromatic heterocycles. The van der Waals surface area contributed by atoms with Crippen molar-refractivity contribution in [1.29, 1.82) is 0 Å². The Labute approximate surface area is 99.3 Å². The Bertz CT molecular complexity index is 419. The molecule has 0 aliphatic carbocycles. The molecule has 0 fully saturated rings. The van der Waals surface area contributed by atoms with Crippen LogP contribution in [0.4, 0.5) is 0 Å². The monoisotopic (exact) mass is 237 g/mol. The third kappa shape index (κ3) is 2.50. The Morgan fingerprint density at radius 3 is 3.06 bits per heavy atom. The highest BCUT2D eigenvalue weighted by atomic mass is 16.7. The zero-order valence-electron chi connectivity index (χ0n) is 9.60. The van der Waals surface area contributed by atoms with Crippen LogP contribution in [0.25, 0.3) is 0 Å². The fraction of sp³-hybridized carbons (Fsp3) is 0.417. The van der Waals surface area contributed by atoms with E-state index in [0.717, 1.165) is 5.56 Å². The first-order valence-electron chi connectivity index (χ1n) is 5.56. The molecule has 1 atom stereocenters. The second kappa shape index (κ2) is 5.05. The Morgan fingerprint density at radius 1 is 1.53 bits per heavy atom. The summed E-state index contributed by atoms with van der Waals surface area (Å²) in [5, 5.41) is 11.9. The lowest BCUT2D eigenvalue weighted by atomic mass is 10.1. The third-order valence-corrected chi connectivity index (χ3v) is 2.72. The minimum Gasteiger partial charge on any atom is -0.480 e. The van der Waals surface area contributed by atoms with Crippen molar-refractivity contribution in [2.75, 3.05) is 6.79 Å². The lowest BCUT2D eigenvalue weighted by molar-refractivity contribution is -0.139. The van der Waals surface area contributed by atoms with Crippen LogP contribution in [0.5, 0.6) is 11.5 Å². The molecule has 1 aliphatic heterocycles. The van der Waals surface area contributed by atoms with Crippen LogP contribution in [-0.4, -0.2) is 23.9 Å². The molecule has 17 heavy (non-hydrogen) atoms. The Balaban J connectivity index is 2.04. The van der Waals surface area contributed by atoms with E-state index in [2.05, 4.69) is 5.32 Å². The van der Waals surface area contributed by atoms with Crippen LogP contribution in [-0.2, 0) is 11.3 Å². The van der Waals surface area contributed by atoms with Gasteiger partial charge in [0.15, 0.2) is 11.5 Å². The van der Waals surface area contributed by atoms with Crippen molar-refractivity contribution in [2.45, 2.75) is 25.9 Å². The predicted octanol–water partition coefficient (Wildman–Crippen LogP) is 1.37. The number of benzene rings is 1. The van der Waals surface area contributed by atoms with Gasteiger partial charge in [0.1, 0.15) is 6.04 Å². The van der Waals surface area contributed by atoms with E-state index >= 15 is 0 Å². The summed E-state index contributed by atoms with van der Waals surface area (Å²) in [6.07, 6.45) is 0.543. The van der Waals surface area contributed by atoms with Crippen molar-refractivity contribution in [3.8, 4) is 11.5 Å². The average Bonchev–Trinajstić information content (AvgIpc) is 2.78. The van der Waals surface area contributed by atoms with Crippen LogP contribution in [0, 0.1) is 0 Å². The van der Waals surface area contributed by atoms with Gasteiger partial charge < -0.3 is 19.9 Å². The molecule has 1 heterocycles. The van der Waals surface area contributed by atoms with Gasteiger partial charge in [-0.2, -0.15) is 0 Å². The van der Waals surface area contributed by atoms with Crippen LogP contribution in [0.2, 0.25) is 0 Å². The number of hydrogen-bond donors (Lipinski definition) is 2. The molecule has 1 aliphatic rings. The summed E-state index contributed by atoms with van der Waals surface area (Å²) in [5.74, 6) is 0.588. The van der Waals surface area contributed by atoms with Crippen LogP contribution < -0.4 is 14.8 Å². The number of carboxylic acids is 1. The normalized spacial score (nSPS) is 14.6. The first-order valence-corrected chi connectivity index (χ1v) is 5.56. The molecular formula is C12H15NO4. The van der Waals surface area contributed by atoms with E-state index in [9.17, 15) is 4.79 Å². The fourth-order valence-corrected chi connectivity index (χ4v) is 1.77. The molecule has 1 unspecified atom stereocenters. The van der Waals surface area contributed by atoms with Gasteiger partial charge in [-0.25, -0.2) is 0 Å². The molecule has 0 amide bonds. The van der Waals surface area contributed by atoms with Crippen molar-refractivity contribution >= 4 is 5.97 Å². The van der Waals surface area contributed by atoms with E-state index in [1.165, 1.54) is 0 Å². The Kier molecular flexibility index (Phi) is 3.49. The molecular weight excluding hydrogens is 222 g/mol. The van der Waals surface area contributed by atoms with Gasteiger partial charge in [-0.3, -0.25) is 4.79 Å².